The number of urea groups is 1. The van der Waals surface area contributed by atoms with Crippen LogP contribution in [0.3, 0.4) is 0 Å². The number of methoxy groups -OCH3 is 1. The fraction of sp³-hybridized carbons (Fsp3) is 0.381. The number of aryl methyl sites for hydroxylation is 1. The molecule has 0 radical (unpaired) electrons. The van der Waals surface area contributed by atoms with Gasteiger partial charge >= 0.3 is 6.03 Å². The van der Waals surface area contributed by atoms with Crippen LogP contribution in [0.5, 0.6) is 5.75 Å². The number of amides is 2. The molecule has 4 nitrogen and oxygen atoms in total. The molecular weight excluding hydrogens is 312 g/mol. The molecule has 2 amide bonds. The van der Waals surface area contributed by atoms with Crippen LogP contribution in [0.4, 0.5) is 10.5 Å². The second kappa shape index (κ2) is 7.60. The Morgan fingerprint density at radius 2 is 1.76 bits per heavy atom. The first kappa shape index (κ1) is 17.3. The average Bonchev–Trinajstić information content (AvgIpc) is 3.12. The Bertz CT molecular complexity index is 719. The maximum absolute atomic E-state index is 12.4. The molecule has 1 saturated carbocycles. The van der Waals surface area contributed by atoms with Gasteiger partial charge in [-0.05, 0) is 49.1 Å². The fourth-order valence-electron chi connectivity index (χ4n) is 3.69. The largest absolute Gasteiger partial charge is 0.497 e. The van der Waals surface area contributed by atoms with E-state index in [4.69, 9.17) is 4.74 Å². The number of hydrogen-bond donors (Lipinski definition) is 2. The van der Waals surface area contributed by atoms with Gasteiger partial charge in [0.05, 0.1) is 7.11 Å². The van der Waals surface area contributed by atoms with Crippen molar-refractivity contribution in [1.82, 2.24) is 5.32 Å². The predicted octanol–water partition coefficient (Wildman–Crippen LogP) is 4.64. The van der Waals surface area contributed by atoms with Crippen molar-refractivity contribution in [2.24, 2.45) is 0 Å². The molecule has 0 saturated heterocycles. The Hall–Kier alpha value is -2.49. The van der Waals surface area contributed by atoms with Crippen molar-refractivity contribution in [3.63, 3.8) is 0 Å². The van der Waals surface area contributed by atoms with Gasteiger partial charge in [-0.15, -0.1) is 0 Å². The average molecular weight is 338 g/mol. The lowest BCUT2D eigenvalue weighted by Crippen LogP contribution is -2.41. The van der Waals surface area contributed by atoms with Crippen molar-refractivity contribution >= 4 is 11.7 Å². The number of benzene rings is 2. The SMILES string of the molecule is COc1ccc(C2(CNC(=O)Nc3ccccc3C)CCCC2)cc1. The van der Waals surface area contributed by atoms with Gasteiger partial charge in [-0.1, -0.05) is 43.2 Å². The Morgan fingerprint density at radius 1 is 1.08 bits per heavy atom. The van der Waals surface area contributed by atoms with Crippen LogP contribution < -0.4 is 15.4 Å². The van der Waals surface area contributed by atoms with Crippen LogP contribution >= 0.6 is 0 Å². The first-order valence-corrected chi connectivity index (χ1v) is 8.88. The van der Waals surface area contributed by atoms with Gasteiger partial charge in [0.1, 0.15) is 5.75 Å². The van der Waals surface area contributed by atoms with E-state index in [2.05, 4.69) is 22.8 Å². The third-order valence-electron chi connectivity index (χ3n) is 5.24. The smallest absolute Gasteiger partial charge is 0.319 e. The second-order valence-corrected chi connectivity index (χ2v) is 6.84. The molecule has 25 heavy (non-hydrogen) atoms. The highest BCUT2D eigenvalue weighted by Gasteiger charge is 2.35. The molecule has 0 aliphatic heterocycles. The molecule has 2 aromatic rings. The zero-order valence-electron chi connectivity index (χ0n) is 15.0. The van der Waals surface area contributed by atoms with Crippen LogP contribution in [0.2, 0.25) is 0 Å². The number of hydrogen-bond acceptors (Lipinski definition) is 2. The van der Waals surface area contributed by atoms with E-state index in [1.54, 1.807) is 7.11 Å². The van der Waals surface area contributed by atoms with Gasteiger partial charge in [-0.3, -0.25) is 0 Å². The zero-order chi connectivity index (χ0) is 17.7. The van der Waals surface area contributed by atoms with Gasteiger partial charge in [0.25, 0.3) is 0 Å². The number of rotatable bonds is 5. The molecule has 2 aromatic carbocycles. The van der Waals surface area contributed by atoms with Crippen molar-refractivity contribution < 1.29 is 9.53 Å². The normalized spacial score (nSPS) is 15.6. The summed E-state index contributed by atoms with van der Waals surface area (Å²) in [6, 6.07) is 15.9. The quantitative estimate of drug-likeness (QED) is 0.834. The Kier molecular flexibility index (Phi) is 5.27. The van der Waals surface area contributed by atoms with Crippen molar-refractivity contribution in [3.8, 4) is 5.75 Å². The lowest BCUT2D eigenvalue weighted by Gasteiger charge is -2.30. The van der Waals surface area contributed by atoms with Gasteiger partial charge in [0.2, 0.25) is 0 Å². The van der Waals surface area contributed by atoms with Gasteiger partial charge in [0, 0.05) is 17.6 Å². The first-order valence-electron chi connectivity index (χ1n) is 8.88. The summed E-state index contributed by atoms with van der Waals surface area (Å²) in [7, 11) is 1.68. The van der Waals surface area contributed by atoms with Gasteiger partial charge < -0.3 is 15.4 Å². The van der Waals surface area contributed by atoms with E-state index in [0.717, 1.165) is 29.8 Å². The second-order valence-electron chi connectivity index (χ2n) is 6.84. The van der Waals surface area contributed by atoms with Crippen LogP contribution in [0.1, 0.15) is 36.8 Å². The monoisotopic (exact) mass is 338 g/mol. The standard InChI is InChI=1S/C21H26N2O2/c1-16-7-3-4-8-19(16)23-20(24)22-15-21(13-5-6-14-21)17-9-11-18(25-2)12-10-17/h3-4,7-12H,5-6,13-15H2,1-2H3,(H2,22,23,24). The van der Waals surface area contributed by atoms with Crippen molar-refractivity contribution in [2.45, 2.75) is 38.0 Å². The van der Waals surface area contributed by atoms with Crippen molar-refractivity contribution in [1.29, 1.82) is 0 Å². The first-order chi connectivity index (χ1) is 12.1. The molecule has 1 aliphatic carbocycles. The number of para-hydroxylation sites is 1. The molecule has 1 fully saturated rings. The summed E-state index contributed by atoms with van der Waals surface area (Å²) >= 11 is 0. The van der Waals surface area contributed by atoms with E-state index in [1.807, 2.05) is 43.3 Å². The van der Waals surface area contributed by atoms with E-state index >= 15 is 0 Å². The summed E-state index contributed by atoms with van der Waals surface area (Å²) in [6.07, 6.45) is 4.61. The molecule has 132 valence electrons. The number of carbonyl (C=O) groups excluding carboxylic acids is 1. The molecule has 0 heterocycles. The fourth-order valence-corrected chi connectivity index (χ4v) is 3.69. The molecular formula is C21H26N2O2. The zero-order valence-corrected chi connectivity index (χ0v) is 15.0. The third kappa shape index (κ3) is 3.95. The summed E-state index contributed by atoms with van der Waals surface area (Å²) in [5.74, 6) is 0.863. The molecule has 1 aliphatic rings. The maximum Gasteiger partial charge on any atom is 0.319 e. The predicted molar refractivity (Wildman–Crippen MR) is 101 cm³/mol. The summed E-state index contributed by atoms with van der Waals surface area (Å²) in [5.41, 5.74) is 3.21. The Morgan fingerprint density at radius 3 is 2.40 bits per heavy atom. The minimum Gasteiger partial charge on any atom is -0.497 e. The Balaban J connectivity index is 1.67. The number of ether oxygens (including phenoxy) is 1. The van der Waals surface area contributed by atoms with Crippen LogP contribution in [0.15, 0.2) is 48.5 Å². The molecule has 4 heteroatoms. The lowest BCUT2D eigenvalue weighted by molar-refractivity contribution is 0.248. The van der Waals surface area contributed by atoms with Gasteiger partial charge in [-0.2, -0.15) is 0 Å². The third-order valence-corrected chi connectivity index (χ3v) is 5.24. The molecule has 0 aromatic heterocycles. The summed E-state index contributed by atoms with van der Waals surface area (Å²) in [6.45, 7) is 2.64. The molecule has 0 unspecified atom stereocenters. The van der Waals surface area contributed by atoms with Crippen LogP contribution in [0.25, 0.3) is 0 Å². The van der Waals surface area contributed by atoms with Crippen molar-refractivity contribution in [2.75, 3.05) is 19.0 Å². The van der Waals surface area contributed by atoms with E-state index in [1.165, 1.54) is 18.4 Å². The summed E-state index contributed by atoms with van der Waals surface area (Å²) in [4.78, 5) is 12.4. The highest BCUT2D eigenvalue weighted by atomic mass is 16.5. The maximum atomic E-state index is 12.4. The van der Waals surface area contributed by atoms with Crippen LogP contribution in [0, 0.1) is 6.92 Å². The van der Waals surface area contributed by atoms with Crippen LogP contribution in [-0.2, 0) is 5.41 Å². The summed E-state index contributed by atoms with van der Waals surface area (Å²) < 4.78 is 5.26. The Labute approximate surface area is 149 Å². The number of nitrogens with one attached hydrogen (secondary N) is 2. The lowest BCUT2D eigenvalue weighted by atomic mass is 9.79. The molecule has 0 atom stereocenters. The van der Waals surface area contributed by atoms with Gasteiger partial charge in [0.15, 0.2) is 0 Å². The highest BCUT2D eigenvalue weighted by Crippen LogP contribution is 2.41. The molecule has 0 spiro atoms. The van der Waals surface area contributed by atoms with E-state index in [0.29, 0.717) is 6.54 Å². The molecule has 3 rings (SSSR count). The number of anilines is 1. The topological polar surface area (TPSA) is 50.4 Å². The summed E-state index contributed by atoms with van der Waals surface area (Å²) in [5, 5.41) is 6.04. The molecule has 0 bridgehead atoms. The van der Waals surface area contributed by atoms with Gasteiger partial charge in [-0.25, -0.2) is 4.79 Å². The van der Waals surface area contributed by atoms with Crippen molar-refractivity contribution in [3.05, 3.63) is 59.7 Å². The van der Waals surface area contributed by atoms with E-state index in [9.17, 15) is 4.79 Å². The number of carbonyl (C=O) groups is 1. The van der Waals surface area contributed by atoms with E-state index < -0.39 is 0 Å². The minimum absolute atomic E-state index is 0.0232. The highest BCUT2D eigenvalue weighted by molar-refractivity contribution is 5.90. The van der Waals surface area contributed by atoms with Crippen LogP contribution in [-0.4, -0.2) is 19.7 Å². The minimum atomic E-state index is -0.144. The van der Waals surface area contributed by atoms with E-state index in [-0.39, 0.29) is 11.4 Å². The molecule has 2 N–H and O–H groups in total.